The smallest absolute Gasteiger partial charge is 0.328 e. The van der Waals surface area contributed by atoms with Gasteiger partial charge in [0.2, 0.25) is 0 Å². The Balaban J connectivity index is 2.25. The van der Waals surface area contributed by atoms with E-state index in [0.717, 1.165) is 41.8 Å². The molecule has 120 valence electrons. The summed E-state index contributed by atoms with van der Waals surface area (Å²) in [4.78, 5) is 17.4. The van der Waals surface area contributed by atoms with Crippen LogP contribution in [0.4, 0.5) is 5.82 Å². The SMILES string of the molecule is CNCCN(C)c1cccc(-c2cccc(/C=C/C(=O)O)c2)n1. The quantitative estimate of drug-likeness (QED) is 0.769. The van der Waals surface area contributed by atoms with Crippen molar-refractivity contribution in [3.05, 3.63) is 54.1 Å². The number of hydrogen-bond donors (Lipinski definition) is 2. The van der Waals surface area contributed by atoms with Crippen LogP contribution < -0.4 is 10.2 Å². The van der Waals surface area contributed by atoms with Gasteiger partial charge in [-0.3, -0.25) is 0 Å². The van der Waals surface area contributed by atoms with Crippen LogP contribution in [0.1, 0.15) is 5.56 Å². The molecular weight excluding hydrogens is 290 g/mol. The number of likely N-dealkylation sites (N-methyl/N-ethyl adjacent to an activating group) is 2. The van der Waals surface area contributed by atoms with Crippen LogP contribution in [0.15, 0.2) is 48.5 Å². The Morgan fingerprint density at radius 2 is 2.09 bits per heavy atom. The second kappa shape index (κ2) is 8.10. The Bertz CT molecular complexity index is 698. The lowest BCUT2D eigenvalue weighted by Crippen LogP contribution is -2.27. The molecule has 0 aliphatic heterocycles. The van der Waals surface area contributed by atoms with Crippen LogP contribution in [0.25, 0.3) is 17.3 Å². The molecule has 0 unspecified atom stereocenters. The van der Waals surface area contributed by atoms with Crippen LogP contribution in [0, 0.1) is 0 Å². The molecule has 0 spiro atoms. The molecule has 1 aromatic carbocycles. The van der Waals surface area contributed by atoms with E-state index in [0.29, 0.717) is 0 Å². The van der Waals surface area contributed by atoms with E-state index < -0.39 is 5.97 Å². The van der Waals surface area contributed by atoms with Crippen molar-refractivity contribution in [2.45, 2.75) is 0 Å². The lowest BCUT2D eigenvalue weighted by atomic mass is 10.1. The van der Waals surface area contributed by atoms with Crippen molar-refractivity contribution in [2.24, 2.45) is 0 Å². The summed E-state index contributed by atoms with van der Waals surface area (Å²) in [6.45, 7) is 1.76. The van der Waals surface area contributed by atoms with Crippen LogP contribution in [-0.4, -0.2) is 43.2 Å². The molecule has 0 bridgehead atoms. The molecule has 0 aliphatic carbocycles. The van der Waals surface area contributed by atoms with Gasteiger partial charge in [0.1, 0.15) is 5.82 Å². The molecule has 0 aliphatic rings. The van der Waals surface area contributed by atoms with Crippen molar-refractivity contribution in [3.63, 3.8) is 0 Å². The Morgan fingerprint density at radius 1 is 1.30 bits per heavy atom. The highest BCUT2D eigenvalue weighted by Gasteiger charge is 2.05. The summed E-state index contributed by atoms with van der Waals surface area (Å²) < 4.78 is 0. The summed E-state index contributed by atoms with van der Waals surface area (Å²) in [5.41, 5.74) is 2.66. The van der Waals surface area contributed by atoms with E-state index in [1.165, 1.54) is 0 Å². The zero-order valence-corrected chi connectivity index (χ0v) is 13.4. The third-order valence-corrected chi connectivity index (χ3v) is 3.42. The first kappa shape index (κ1) is 16.7. The molecule has 0 amide bonds. The lowest BCUT2D eigenvalue weighted by molar-refractivity contribution is -0.131. The minimum atomic E-state index is -0.957. The second-order valence-electron chi connectivity index (χ2n) is 5.20. The zero-order valence-electron chi connectivity index (χ0n) is 13.4. The molecule has 0 saturated carbocycles. The topological polar surface area (TPSA) is 65.5 Å². The number of pyridine rings is 1. The molecular formula is C18H21N3O2. The first-order valence-electron chi connectivity index (χ1n) is 7.44. The van der Waals surface area contributed by atoms with E-state index in [9.17, 15) is 4.79 Å². The highest BCUT2D eigenvalue weighted by Crippen LogP contribution is 2.21. The van der Waals surface area contributed by atoms with Gasteiger partial charge in [-0.2, -0.15) is 0 Å². The number of nitrogens with one attached hydrogen (secondary N) is 1. The van der Waals surface area contributed by atoms with Crippen molar-refractivity contribution in [1.29, 1.82) is 0 Å². The van der Waals surface area contributed by atoms with Gasteiger partial charge in [0.05, 0.1) is 5.69 Å². The van der Waals surface area contributed by atoms with Crippen molar-refractivity contribution in [3.8, 4) is 11.3 Å². The number of carboxylic acids is 1. The van der Waals surface area contributed by atoms with Crippen molar-refractivity contribution in [2.75, 3.05) is 32.1 Å². The second-order valence-corrected chi connectivity index (χ2v) is 5.20. The van der Waals surface area contributed by atoms with Gasteiger partial charge < -0.3 is 15.3 Å². The first-order chi connectivity index (χ1) is 11.1. The van der Waals surface area contributed by atoms with Crippen LogP contribution in [0.3, 0.4) is 0 Å². The average Bonchev–Trinajstić information content (AvgIpc) is 2.58. The van der Waals surface area contributed by atoms with Crippen molar-refractivity contribution >= 4 is 17.9 Å². The molecule has 5 nitrogen and oxygen atoms in total. The minimum absolute atomic E-state index is 0.834. The normalized spacial score (nSPS) is 10.9. The Hall–Kier alpha value is -2.66. The molecule has 0 radical (unpaired) electrons. The highest BCUT2D eigenvalue weighted by atomic mass is 16.4. The minimum Gasteiger partial charge on any atom is -0.478 e. The molecule has 0 atom stereocenters. The monoisotopic (exact) mass is 311 g/mol. The summed E-state index contributed by atoms with van der Waals surface area (Å²) >= 11 is 0. The summed E-state index contributed by atoms with van der Waals surface area (Å²) in [6, 6.07) is 13.6. The maximum absolute atomic E-state index is 10.6. The lowest BCUT2D eigenvalue weighted by Gasteiger charge is -2.18. The van der Waals surface area contributed by atoms with Crippen molar-refractivity contribution in [1.82, 2.24) is 10.3 Å². The molecule has 23 heavy (non-hydrogen) atoms. The standard InChI is InChI=1S/C18H21N3O2/c1-19-11-12-21(2)17-8-4-7-16(20-17)15-6-3-5-14(13-15)9-10-18(22)23/h3-10,13,19H,11-12H2,1-2H3,(H,22,23)/b10-9+. The molecule has 2 rings (SSSR count). The van der Waals surface area contributed by atoms with Gasteiger partial charge in [-0.15, -0.1) is 0 Å². The predicted octanol–water partition coefficient (Wildman–Crippen LogP) is 2.50. The van der Waals surface area contributed by atoms with E-state index in [-0.39, 0.29) is 0 Å². The number of aliphatic carboxylic acids is 1. The van der Waals surface area contributed by atoms with E-state index in [4.69, 9.17) is 5.11 Å². The summed E-state index contributed by atoms with van der Waals surface area (Å²) in [6.07, 6.45) is 2.71. The number of anilines is 1. The van der Waals surface area contributed by atoms with Crippen LogP contribution in [-0.2, 0) is 4.79 Å². The summed E-state index contributed by atoms with van der Waals surface area (Å²) in [7, 11) is 3.93. The molecule has 1 heterocycles. The number of aromatic nitrogens is 1. The fourth-order valence-corrected chi connectivity index (χ4v) is 2.16. The number of benzene rings is 1. The molecule has 0 saturated heterocycles. The first-order valence-corrected chi connectivity index (χ1v) is 7.44. The largest absolute Gasteiger partial charge is 0.478 e. The van der Waals surface area contributed by atoms with Gasteiger partial charge in [-0.05, 0) is 36.9 Å². The van der Waals surface area contributed by atoms with Crippen LogP contribution in [0.5, 0.6) is 0 Å². The third-order valence-electron chi connectivity index (χ3n) is 3.42. The van der Waals surface area contributed by atoms with E-state index in [1.807, 2.05) is 56.6 Å². The number of rotatable bonds is 7. The summed E-state index contributed by atoms with van der Waals surface area (Å²) in [5, 5.41) is 11.8. The molecule has 1 aromatic heterocycles. The van der Waals surface area contributed by atoms with Gasteiger partial charge in [0.25, 0.3) is 0 Å². The fourth-order valence-electron chi connectivity index (χ4n) is 2.16. The molecule has 2 aromatic rings. The van der Waals surface area contributed by atoms with Crippen LogP contribution in [0.2, 0.25) is 0 Å². The maximum atomic E-state index is 10.6. The van der Waals surface area contributed by atoms with Gasteiger partial charge >= 0.3 is 5.97 Å². The average molecular weight is 311 g/mol. The zero-order chi connectivity index (χ0) is 16.7. The van der Waals surface area contributed by atoms with E-state index in [1.54, 1.807) is 6.08 Å². The van der Waals surface area contributed by atoms with E-state index >= 15 is 0 Å². The maximum Gasteiger partial charge on any atom is 0.328 e. The van der Waals surface area contributed by atoms with Crippen LogP contribution >= 0.6 is 0 Å². The van der Waals surface area contributed by atoms with Gasteiger partial charge in [-0.25, -0.2) is 9.78 Å². The fraction of sp³-hybridized carbons (Fsp3) is 0.222. The number of carboxylic acid groups (broad SMARTS) is 1. The number of nitrogens with zero attached hydrogens (tertiary/aromatic N) is 2. The highest BCUT2D eigenvalue weighted by molar-refractivity contribution is 5.85. The third kappa shape index (κ3) is 4.93. The molecule has 0 fully saturated rings. The Morgan fingerprint density at radius 3 is 2.83 bits per heavy atom. The Labute approximate surface area is 136 Å². The summed E-state index contributed by atoms with van der Waals surface area (Å²) in [5.74, 6) is -0.0501. The predicted molar refractivity (Wildman–Crippen MR) is 93.5 cm³/mol. The van der Waals surface area contributed by atoms with Crippen molar-refractivity contribution < 1.29 is 9.90 Å². The number of hydrogen-bond acceptors (Lipinski definition) is 4. The molecule has 2 N–H and O–H groups in total. The Kier molecular flexibility index (Phi) is 5.88. The number of carbonyl (C=O) groups is 1. The molecule has 5 heteroatoms. The van der Waals surface area contributed by atoms with E-state index in [2.05, 4.69) is 15.2 Å². The van der Waals surface area contributed by atoms with Gasteiger partial charge in [0, 0.05) is 31.8 Å². The van der Waals surface area contributed by atoms with Gasteiger partial charge in [0.15, 0.2) is 0 Å². The van der Waals surface area contributed by atoms with Gasteiger partial charge in [-0.1, -0.05) is 24.3 Å².